The lowest BCUT2D eigenvalue weighted by molar-refractivity contribution is -0.125. The number of ether oxygens (including phenoxy) is 1. The van der Waals surface area contributed by atoms with Gasteiger partial charge in [0.1, 0.15) is 5.76 Å². The van der Waals surface area contributed by atoms with Gasteiger partial charge in [0.15, 0.2) is 10.9 Å². The second kappa shape index (κ2) is 10.4. The number of thiazole rings is 1. The lowest BCUT2D eigenvalue weighted by Crippen LogP contribution is -2.35. The van der Waals surface area contributed by atoms with Gasteiger partial charge in [-0.3, -0.25) is 14.4 Å². The van der Waals surface area contributed by atoms with Crippen molar-refractivity contribution in [3.63, 3.8) is 0 Å². The minimum atomic E-state index is -0.575. The molecule has 0 radical (unpaired) electrons. The molecule has 0 fully saturated rings. The van der Waals surface area contributed by atoms with Crippen molar-refractivity contribution >= 4 is 40.0 Å². The summed E-state index contributed by atoms with van der Waals surface area (Å²) in [5, 5.41) is 5.83. The molecule has 2 N–H and O–H groups in total. The standard InChI is InChI=1S/C24H23N3O6S/c1-2-32-23(31)19-9-8-16(33-19)13-25-22(30)15-11-17-21(18(28)12-15)34-24(26-17)27-20(29)10-14-6-4-3-5-7-14/h3-9,15H,2,10-13H2,1H3,(H,25,30)(H,26,27,29)/t15-/m1/s1. The van der Waals surface area contributed by atoms with E-state index in [9.17, 15) is 19.2 Å². The summed E-state index contributed by atoms with van der Waals surface area (Å²) < 4.78 is 10.3. The normalized spacial score (nSPS) is 14.9. The zero-order valence-corrected chi connectivity index (χ0v) is 19.3. The first kappa shape index (κ1) is 23.4. The molecule has 0 bridgehead atoms. The quantitative estimate of drug-likeness (QED) is 0.473. The molecule has 1 aliphatic carbocycles. The predicted molar refractivity (Wildman–Crippen MR) is 124 cm³/mol. The number of Topliss-reactive ketones (excluding diaryl/α,β-unsaturated/α-hetero) is 1. The Bertz CT molecular complexity index is 1220. The van der Waals surface area contributed by atoms with Crippen LogP contribution in [0.4, 0.5) is 5.13 Å². The van der Waals surface area contributed by atoms with Crippen molar-refractivity contribution < 1.29 is 28.3 Å². The van der Waals surface area contributed by atoms with Crippen LogP contribution in [0.3, 0.4) is 0 Å². The summed E-state index contributed by atoms with van der Waals surface area (Å²) >= 11 is 1.13. The van der Waals surface area contributed by atoms with Crippen LogP contribution in [0.2, 0.25) is 0 Å². The Labute approximate surface area is 199 Å². The maximum atomic E-state index is 12.7. The van der Waals surface area contributed by atoms with Gasteiger partial charge < -0.3 is 19.8 Å². The van der Waals surface area contributed by atoms with E-state index >= 15 is 0 Å². The molecule has 0 spiro atoms. The van der Waals surface area contributed by atoms with Crippen LogP contribution in [0.15, 0.2) is 46.9 Å². The van der Waals surface area contributed by atoms with Crippen LogP contribution in [-0.4, -0.2) is 35.2 Å². The van der Waals surface area contributed by atoms with Gasteiger partial charge in [-0.15, -0.1) is 0 Å². The van der Waals surface area contributed by atoms with Crippen LogP contribution in [0, 0.1) is 5.92 Å². The van der Waals surface area contributed by atoms with Crippen LogP contribution in [0.1, 0.15) is 50.6 Å². The van der Waals surface area contributed by atoms with E-state index in [4.69, 9.17) is 9.15 Å². The fourth-order valence-electron chi connectivity index (χ4n) is 3.62. The minimum absolute atomic E-state index is 0.0602. The van der Waals surface area contributed by atoms with E-state index in [2.05, 4.69) is 15.6 Å². The third-order valence-corrected chi connectivity index (χ3v) is 6.28. The van der Waals surface area contributed by atoms with Crippen LogP contribution >= 0.6 is 11.3 Å². The van der Waals surface area contributed by atoms with Crippen LogP contribution in [0.25, 0.3) is 0 Å². The molecule has 176 valence electrons. The Hall–Kier alpha value is -3.79. The molecule has 0 saturated carbocycles. The van der Waals surface area contributed by atoms with E-state index in [1.807, 2.05) is 30.3 Å². The van der Waals surface area contributed by atoms with Gasteiger partial charge in [0.2, 0.25) is 17.6 Å². The number of furan rings is 1. The maximum Gasteiger partial charge on any atom is 0.374 e. The molecule has 0 unspecified atom stereocenters. The number of ketones is 1. The number of esters is 1. The SMILES string of the molecule is CCOC(=O)c1ccc(CNC(=O)[C@H]2CC(=O)c3sc(NC(=O)Cc4ccccc4)nc3C2)o1. The summed E-state index contributed by atoms with van der Waals surface area (Å²) in [6.07, 6.45) is 0.559. The van der Waals surface area contributed by atoms with Gasteiger partial charge in [0.25, 0.3) is 0 Å². The third kappa shape index (κ3) is 5.57. The number of carbonyl (C=O) groups excluding carboxylic acids is 4. The van der Waals surface area contributed by atoms with Gasteiger partial charge in [0.05, 0.1) is 36.1 Å². The lowest BCUT2D eigenvalue weighted by Gasteiger charge is -2.19. The maximum absolute atomic E-state index is 12.7. The Balaban J connectivity index is 1.33. The number of hydrogen-bond donors (Lipinski definition) is 2. The molecular formula is C24H23N3O6S. The zero-order valence-electron chi connectivity index (χ0n) is 18.5. The molecule has 34 heavy (non-hydrogen) atoms. The van der Waals surface area contributed by atoms with Gasteiger partial charge in [-0.1, -0.05) is 41.7 Å². The number of benzene rings is 1. The molecule has 0 saturated heterocycles. The van der Waals surface area contributed by atoms with E-state index in [1.165, 1.54) is 6.07 Å². The second-order valence-corrected chi connectivity index (χ2v) is 8.74. The highest BCUT2D eigenvalue weighted by Gasteiger charge is 2.33. The fraction of sp³-hybridized carbons (Fsp3) is 0.292. The van der Waals surface area contributed by atoms with E-state index < -0.39 is 11.9 Å². The molecular weight excluding hydrogens is 458 g/mol. The number of fused-ring (bicyclic) bond motifs is 1. The number of anilines is 1. The Morgan fingerprint density at radius 1 is 1.15 bits per heavy atom. The number of carbonyl (C=O) groups is 4. The summed E-state index contributed by atoms with van der Waals surface area (Å²) in [5.74, 6) is -1.39. The average molecular weight is 482 g/mol. The van der Waals surface area contributed by atoms with Gasteiger partial charge >= 0.3 is 5.97 Å². The highest BCUT2D eigenvalue weighted by Crippen LogP contribution is 2.32. The Morgan fingerprint density at radius 2 is 1.94 bits per heavy atom. The molecule has 9 nitrogen and oxygen atoms in total. The van der Waals surface area contributed by atoms with Crippen molar-refractivity contribution in [3.8, 4) is 0 Å². The largest absolute Gasteiger partial charge is 0.460 e. The topological polar surface area (TPSA) is 128 Å². The molecule has 10 heteroatoms. The molecule has 2 heterocycles. The Morgan fingerprint density at radius 3 is 2.71 bits per heavy atom. The van der Waals surface area contributed by atoms with Gasteiger partial charge in [-0.05, 0) is 24.6 Å². The predicted octanol–water partition coefficient (Wildman–Crippen LogP) is 3.16. The summed E-state index contributed by atoms with van der Waals surface area (Å²) in [7, 11) is 0. The molecule has 3 aromatic rings. The number of aromatic nitrogens is 1. The number of nitrogens with zero attached hydrogens (tertiary/aromatic N) is 1. The molecule has 4 rings (SSSR count). The van der Waals surface area contributed by atoms with E-state index in [0.29, 0.717) is 27.9 Å². The van der Waals surface area contributed by atoms with Gasteiger partial charge in [-0.25, -0.2) is 9.78 Å². The van der Waals surface area contributed by atoms with Crippen molar-refractivity contribution in [2.24, 2.45) is 5.92 Å². The average Bonchev–Trinajstić information content (AvgIpc) is 3.45. The van der Waals surface area contributed by atoms with Gasteiger partial charge in [-0.2, -0.15) is 0 Å². The summed E-state index contributed by atoms with van der Waals surface area (Å²) in [6.45, 7) is 2.01. The van der Waals surface area contributed by atoms with Crippen molar-refractivity contribution in [2.75, 3.05) is 11.9 Å². The Kier molecular flexibility index (Phi) is 7.17. The van der Waals surface area contributed by atoms with E-state index in [-0.39, 0.29) is 49.4 Å². The van der Waals surface area contributed by atoms with Crippen LogP contribution in [0.5, 0.6) is 0 Å². The van der Waals surface area contributed by atoms with E-state index in [0.717, 1.165) is 16.9 Å². The van der Waals surface area contributed by atoms with Crippen molar-refractivity contribution in [1.82, 2.24) is 10.3 Å². The molecule has 2 amide bonds. The lowest BCUT2D eigenvalue weighted by atomic mass is 9.89. The van der Waals surface area contributed by atoms with E-state index in [1.54, 1.807) is 13.0 Å². The van der Waals surface area contributed by atoms with Crippen molar-refractivity contribution in [1.29, 1.82) is 0 Å². The highest BCUT2D eigenvalue weighted by molar-refractivity contribution is 7.17. The smallest absolute Gasteiger partial charge is 0.374 e. The molecule has 1 atom stereocenters. The van der Waals surface area contributed by atoms with Gasteiger partial charge in [0, 0.05) is 12.8 Å². The zero-order chi connectivity index (χ0) is 24.1. The molecule has 0 aliphatic heterocycles. The summed E-state index contributed by atoms with van der Waals surface area (Å²) in [5.41, 5.74) is 1.39. The first-order valence-electron chi connectivity index (χ1n) is 10.8. The minimum Gasteiger partial charge on any atom is -0.460 e. The number of hydrogen-bond acceptors (Lipinski definition) is 8. The first-order chi connectivity index (χ1) is 16.4. The molecule has 2 aromatic heterocycles. The monoisotopic (exact) mass is 481 g/mol. The highest BCUT2D eigenvalue weighted by atomic mass is 32.1. The van der Waals surface area contributed by atoms with Crippen molar-refractivity contribution in [2.45, 2.75) is 32.7 Å². The number of rotatable bonds is 8. The summed E-state index contributed by atoms with van der Waals surface area (Å²) in [4.78, 5) is 54.1. The summed E-state index contributed by atoms with van der Waals surface area (Å²) in [6, 6.07) is 12.4. The number of amides is 2. The molecule has 1 aromatic carbocycles. The first-order valence-corrected chi connectivity index (χ1v) is 11.6. The number of nitrogens with one attached hydrogen (secondary N) is 2. The van der Waals surface area contributed by atoms with Crippen LogP contribution < -0.4 is 10.6 Å². The van der Waals surface area contributed by atoms with Crippen LogP contribution in [-0.2, 0) is 33.7 Å². The van der Waals surface area contributed by atoms with Crippen molar-refractivity contribution in [3.05, 3.63) is 70.1 Å². The fourth-order valence-corrected chi connectivity index (χ4v) is 4.58. The molecule has 1 aliphatic rings. The second-order valence-electron chi connectivity index (χ2n) is 7.74. The third-order valence-electron chi connectivity index (χ3n) is 5.22.